The van der Waals surface area contributed by atoms with Crippen LogP contribution in [0.15, 0.2) is 18.5 Å². The molecule has 2 amide bonds. The van der Waals surface area contributed by atoms with Gasteiger partial charge in [-0.3, -0.25) is 9.59 Å². The second-order valence-corrected chi connectivity index (χ2v) is 6.76. The minimum atomic E-state index is -4.88. The summed E-state index contributed by atoms with van der Waals surface area (Å²) in [4.78, 5) is 31.5. The number of aromatic nitrogens is 2. The van der Waals surface area contributed by atoms with E-state index in [1.54, 1.807) is 17.3 Å². The number of carbonyl (C=O) groups excluding carboxylic acids is 2. The highest BCUT2D eigenvalue weighted by molar-refractivity contribution is 6.05. The smallest absolute Gasteiger partial charge is 0.365 e. The Labute approximate surface area is 151 Å². The van der Waals surface area contributed by atoms with Crippen molar-refractivity contribution in [2.75, 3.05) is 18.5 Å². The quantitative estimate of drug-likeness (QED) is 0.740. The maximum atomic E-state index is 12.9. The number of nitrogens with one attached hydrogen (secondary N) is 2. The highest BCUT2D eigenvalue weighted by Gasteiger charge is 2.51. The number of primary amides is 1. The highest BCUT2D eigenvalue weighted by atomic mass is 19.4. The van der Waals surface area contributed by atoms with Crippen molar-refractivity contribution in [3.05, 3.63) is 24.0 Å². The number of alkyl halides is 3. The van der Waals surface area contributed by atoms with Gasteiger partial charge in [0.05, 0.1) is 11.3 Å². The molecule has 2 aliphatic heterocycles. The Morgan fingerprint density at radius 1 is 1.26 bits per heavy atom. The van der Waals surface area contributed by atoms with E-state index >= 15 is 0 Å². The monoisotopic (exact) mass is 382 g/mol. The van der Waals surface area contributed by atoms with Crippen molar-refractivity contribution in [3.63, 3.8) is 0 Å². The van der Waals surface area contributed by atoms with Crippen LogP contribution >= 0.6 is 0 Å². The first-order valence-corrected chi connectivity index (χ1v) is 8.42. The van der Waals surface area contributed by atoms with Crippen LogP contribution in [0.3, 0.4) is 0 Å². The molecule has 11 heteroatoms. The number of rotatable bonds is 3. The van der Waals surface area contributed by atoms with Crippen molar-refractivity contribution >= 4 is 28.5 Å². The van der Waals surface area contributed by atoms with Gasteiger partial charge in [-0.2, -0.15) is 13.2 Å². The fourth-order valence-electron chi connectivity index (χ4n) is 3.95. The Morgan fingerprint density at radius 3 is 2.52 bits per heavy atom. The van der Waals surface area contributed by atoms with E-state index < -0.39 is 30.1 Å². The Morgan fingerprint density at radius 2 is 1.93 bits per heavy atom. The number of pyridine rings is 1. The van der Waals surface area contributed by atoms with Gasteiger partial charge in [-0.05, 0) is 18.9 Å². The molecule has 0 spiro atoms. The Kier molecular flexibility index (Phi) is 3.98. The number of piperazine rings is 1. The van der Waals surface area contributed by atoms with E-state index in [4.69, 9.17) is 5.73 Å². The predicted molar refractivity (Wildman–Crippen MR) is 89.5 cm³/mol. The molecule has 0 radical (unpaired) electrons. The average Bonchev–Trinajstić information content (AvgIpc) is 3.16. The third-order valence-electron chi connectivity index (χ3n) is 5.08. The Hall–Kier alpha value is -2.82. The summed E-state index contributed by atoms with van der Waals surface area (Å²) in [6, 6.07) is 0.659. The summed E-state index contributed by atoms with van der Waals surface area (Å²) in [5.41, 5.74) is 9.73. The van der Waals surface area contributed by atoms with Gasteiger partial charge in [0.25, 0.3) is 5.91 Å². The summed E-state index contributed by atoms with van der Waals surface area (Å²) in [6.07, 6.45) is -0.858. The van der Waals surface area contributed by atoms with Gasteiger partial charge in [0.1, 0.15) is 5.65 Å². The van der Waals surface area contributed by atoms with Gasteiger partial charge in [0.15, 0.2) is 0 Å². The normalized spacial score (nSPS) is 23.0. The largest absolute Gasteiger partial charge is 0.471 e. The summed E-state index contributed by atoms with van der Waals surface area (Å²) in [5.74, 6) is -2.45. The Balaban J connectivity index is 1.59. The van der Waals surface area contributed by atoms with Gasteiger partial charge in [-0.1, -0.05) is 0 Å². The number of hydrogen-bond acceptors (Lipinski definition) is 5. The number of H-pyrrole nitrogens is 1. The lowest BCUT2D eigenvalue weighted by Gasteiger charge is -2.41. The number of halogens is 3. The third kappa shape index (κ3) is 2.97. The molecule has 0 aromatic carbocycles. The molecule has 2 aliphatic rings. The molecule has 4 heterocycles. The van der Waals surface area contributed by atoms with E-state index in [1.807, 2.05) is 0 Å². The van der Waals surface area contributed by atoms with Crippen molar-refractivity contribution < 1.29 is 22.8 Å². The van der Waals surface area contributed by atoms with Crippen LogP contribution in [-0.2, 0) is 4.79 Å². The Bertz CT molecular complexity index is 897. The second-order valence-electron chi connectivity index (χ2n) is 6.76. The van der Waals surface area contributed by atoms with Gasteiger partial charge < -0.3 is 21.0 Å². The summed E-state index contributed by atoms with van der Waals surface area (Å²) < 4.78 is 38.6. The van der Waals surface area contributed by atoms with Crippen LogP contribution in [0, 0.1) is 0 Å². The molecule has 4 rings (SSSR count). The van der Waals surface area contributed by atoms with Crippen LogP contribution in [0.25, 0.3) is 11.0 Å². The minimum absolute atomic E-state index is 0.184. The lowest BCUT2D eigenvalue weighted by atomic mass is 10.1. The van der Waals surface area contributed by atoms with Crippen LogP contribution in [0.2, 0.25) is 0 Å². The van der Waals surface area contributed by atoms with E-state index in [1.165, 1.54) is 6.20 Å². The number of amides is 2. The molecule has 0 saturated carbocycles. The first-order valence-electron chi connectivity index (χ1n) is 8.42. The number of anilines is 1. The standard InChI is InChI=1S/C16H17F3N6O2/c17-16(18,19)15(27)25-8-1-2-9(25)7-24(6-8)23-12-10-3-4-21-14(10)22-5-11(12)13(20)26/h3-5,8-9H,1-2,6-7H2,(H2,20,26)(H2,21,22,23). The number of nitrogens with zero attached hydrogens (tertiary/aromatic N) is 3. The van der Waals surface area contributed by atoms with Gasteiger partial charge in [0.2, 0.25) is 0 Å². The van der Waals surface area contributed by atoms with E-state index in [0.29, 0.717) is 29.6 Å². The van der Waals surface area contributed by atoms with Gasteiger partial charge in [-0.25, -0.2) is 9.99 Å². The summed E-state index contributed by atoms with van der Waals surface area (Å²) in [6.45, 7) is 0.426. The van der Waals surface area contributed by atoms with Gasteiger partial charge in [0, 0.05) is 43.0 Å². The first kappa shape index (κ1) is 17.6. The zero-order valence-corrected chi connectivity index (χ0v) is 14.1. The minimum Gasteiger partial charge on any atom is -0.365 e. The summed E-state index contributed by atoms with van der Waals surface area (Å²) >= 11 is 0. The number of aromatic amines is 1. The molecule has 8 nitrogen and oxygen atoms in total. The fraction of sp³-hybridized carbons (Fsp3) is 0.438. The number of nitrogens with two attached hydrogens (primary N) is 1. The van der Waals surface area contributed by atoms with Crippen LogP contribution in [-0.4, -0.2) is 63.0 Å². The number of hydrazine groups is 1. The second kappa shape index (κ2) is 6.12. The molecule has 2 fully saturated rings. The molecular weight excluding hydrogens is 365 g/mol. The molecule has 2 atom stereocenters. The number of fused-ring (bicyclic) bond motifs is 3. The molecule has 2 unspecified atom stereocenters. The molecule has 2 bridgehead atoms. The zero-order chi connectivity index (χ0) is 19.3. The van der Waals surface area contributed by atoms with E-state index in [-0.39, 0.29) is 18.7 Å². The highest BCUT2D eigenvalue weighted by Crippen LogP contribution is 2.35. The average molecular weight is 382 g/mol. The molecule has 144 valence electrons. The summed E-state index contributed by atoms with van der Waals surface area (Å²) in [7, 11) is 0. The van der Waals surface area contributed by atoms with Crippen LogP contribution < -0.4 is 11.2 Å². The molecule has 27 heavy (non-hydrogen) atoms. The van der Waals surface area contributed by atoms with Crippen LogP contribution in [0.5, 0.6) is 0 Å². The van der Waals surface area contributed by atoms with Crippen molar-refractivity contribution in [2.45, 2.75) is 31.1 Å². The topological polar surface area (TPSA) is 107 Å². The third-order valence-corrected chi connectivity index (χ3v) is 5.08. The molecule has 2 saturated heterocycles. The predicted octanol–water partition coefficient (Wildman–Crippen LogP) is 1.23. The van der Waals surface area contributed by atoms with E-state index in [0.717, 1.165) is 4.90 Å². The molecular formula is C16H17F3N6O2. The lowest BCUT2D eigenvalue weighted by Crippen LogP contribution is -2.59. The maximum absolute atomic E-state index is 12.9. The van der Waals surface area contributed by atoms with Gasteiger partial charge >= 0.3 is 12.1 Å². The SMILES string of the molecule is NC(=O)c1cnc2[nH]ccc2c1NN1CC2CCC(C1)N2C(=O)C(F)(F)F. The van der Waals surface area contributed by atoms with Gasteiger partial charge in [-0.15, -0.1) is 0 Å². The maximum Gasteiger partial charge on any atom is 0.471 e. The zero-order valence-electron chi connectivity index (χ0n) is 14.1. The van der Waals surface area contributed by atoms with E-state index in [2.05, 4.69) is 15.4 Å². The molecule has 0 aliphatic carbocycles. The molecule has 2 aromatic rings. The molecule has 4 N–H and O–H groups in total. The number of carbonyl (C=O) groups is 2. The molecule has 2 aromatic heterocycles. The van der Waals surface area contributed by atoms with Crippen molar-refractivity contribution in [1.29, 1.82) is 0 Å². The first-order chi connectivity index (χ1) is 12.8. The van der Waals surface area contributed by atoms with Crippen molar-refractivity contribution in [3.8, 4) is 0 Å². The van der Waals surface area contributed by atoms with Crippen LogP contribution in [0.1, 0.15) is 23.2 Å². The summed E-state index contributed by atoms with van der Waals surface area (Å²) in [5, 5.41) is 2.38. The number of hydrogen-bond donors (Lipinski definition) is 3. The van der Waals surface area contributed by atoms with Crippen molar-refractivity contribution in [2.24, 2.45) is 5.73 Å². The van der Waals surface area contributed by atoms with Crippen molar-refractivity contribution in [1.82, 2.24) is 19.9 Å². The fourth-order valence-corrected chi connectivity index (χ4v) is 3.95. The lowest BCUT2D eigenvalue weighted by molar-refractivity contribution is -0.190. The van der Waals surface area contributed by atoms with E-state index in [9.17, 15) is 22.8 Å². The van der Waals surface area contributed by atoms with Crippen LogP contribution in [0.4, 0.5) is 18.9 Å².